The summed E-state index contributed by atoms with van der Waals surface area (Å²) in [6, 6.07) is 14.2. The molecule has 0 saturated carbocycles. The molecule has 1 aromatic heterocycles. The molecule has 0 aliphatic carbocycles. The minimum absolute atomic E-state index is 0.0895. The van der Waals surface area contributed by atoms with Crippen LogP contribution in [0.2, 0.25) is 5.02 Å². The van der Waals surface area contributed by atoms with Gasteiger partial charge in [0.15, 0.2) is 0 Å². The highest BCUT2D eigenvalue weighted by Crippen LogP contribution is 2.24. The van der Waals surface area contributed by atoms with Gasteiger partial charge in [0.2, 0.25) is 21.7 Å². The van der Waals surface area contributed by atoms with E-state index in [0.717, 1.165) is 4.47 Å². The van der Waals surface area contributed by atoms with E-state index in [2.05, 4.69) is 30.8 Å². The third kappa shape index (κ3) is 4.88. The molecule has 0 fully saturated rings. The number of sulfonamides is 1. The molecule has 1 N–H and O–H groups in total. The zero-order valence-electron chi connectivity index (χ0n) is 12.8. The molecule has 0 amide bonds. The van der Waals surface area contributed by atoms with Crippen molar-refractivity contribution in [3.05, 3.63) is 69.5 Å². The average Bonchev–Trinajstić information content (AvgIpc) is 3.02. The van der Waals surface area contributed by atoms with Crippen molar-refractivity contribution in [1.82, 2.24) is 14.9 Å². The van der Waals surface area contributed by atoms with Crippen molar-refractivity contribution < 1.29 is 12.9 Å². The van der Waals surface area contributed by atoms with Crippen LogP contribution in [0.25, 0.3) is 11.4 Å². The Morgan fingerprint density at radius 3 is 2.72 bits per heavy atom. The number of nitrogens with zero attached hydrogens (tertiary/aromatic N) is 2. The van der Waals surface area contributed by atoms with Gasteiger partial charge in [0.25, 0.3) is 0 Å². The van der Waals surface area contributed by atoms with Gasteiger partial charge in [0.05, 0.1) is 17.3 Å². The molecule has 1 heterocycles. The van der Waals surface area contributed by atoms with Crippen LogP contribution in [0.15, 0.2) is 57.5 Å². The molecule has 6 nitrogen and oxygen atoms in total. The van der Waals surface area contributed by atoms with Crippen LogP contribution in [0.5, 0.6) is 0 Å². The van der Waals surface area contributed by atoms with E-state index in [4.69, 9.17) is 16.1 Å². The summed E-state index contributed by atoms with van der Waals surface area (Å²) in [4.78, 5) is 4.17. The molecule has 0 aliphatic heterocycles. The van der Waals surface area contributed by atoms with Gasteiger partial charge in [-0.1, -0.05) is 57.0 Å². The van der Waals surface area contributed by atoms with Gasteiger partial charge >= 0.3 is 0 Å². The van der Waals surface area contributed by atoms with E-state index >= 15 is 0 Å². The number of nitrogens with one attached hydrogen (secondary N) is 1. The molecule has 25 heavy (non-hydrogen) atoms. The average molecular weight is 443 g/mol. The smallest absolute Gasteiger partial charge is 0.242 e. The summed E-state index contributed by atoms with van der Waals surface area (Å²) in [5.41, 5.74) is 1.29. The Morgan fingerprint density at radius 1 is 1.16 bits per heavy atom. The molecule has 9 heteroatoms. The molecule has 0 spiro atoms. The standard InChI is InChI=1S/C16H13BrClN3O3S/c17-12-5-3-4-11(8-12)10-25(22,23)19-9-15-20-16(21-24-15)13-6-1-2-7-14(13)18/h1-8,19H,9-10H2. The first kappa shape index (κ1) is 18.1. The highest BCUT2D eigenvalue weighted by Gasteiger charge is 2.15. The van der Waals surface area contributed by atoms with Gasteiger partial charge in [-0.05, 0) is 29.8 Å². The summed E-state index contributed by atoms with van der Waals surface area (Å²) in [7, 11) is -3.54. The van der Waals surface area contributed by atoms with Crippen LogP contribution in [-0.4, -0.2) is 18.6 Å². The molecule has 130 valence electrons. The summed E-state index contributed by atoms with van der Waals surface area (Å²) >= 11 is 9.40. The molecule has 2 aromatic carbocycles. The molecular formula is C16H13BrClN3O3S. The van der Waals surface area contributed by atoms with Gasteiger partial charge in [-0.2, -0.15) is 4.98 Å². The van der Waals surface area contributed by atoms with Crippen LogP contribution in [0, 0.1) is 0 Å². The number of halogens is 2. The fourth-order valence-corrected chi connectivity index (χ4v) is 3.88. The number of benzene rings is 2. The fourth-order valence-electron chi connectivity index (χ4n) is 2.15. The summed E-state index contributed by atoms with van der Waals surface area (Å²) < 4.78 is 32.7. The minimum Gasteiger partial charge on any atom is -0.338 e. The Bertz CT molecular complexity index is 992. The van der Waals surface area contributed by atoms with Gasteiger partial charge in [-0.25, -0.2) is 13.1 Å². The van der Waals surface area contributed by atoms with E-state index < -0.39 is 10.0 Å². The lowest BCUT2D eigenvalue weighted by Crippen LogP contribution is -2.24. The molecule has 0 saturated heterocycles. The van der Waals surface area contributed by atoms with Crippen LogP contribution in [0.4, 0.5) is 0 Å². The van der Waals surface area contributed by atoms with Gasteiger partial charge in [-0.15, -0.1) is 0 Å². The second-order valence-electron chi connectivity index (χ2n) is 5.20. The molecule has 0 aliphatic rings. The highest BCUT2D eigenvalue weighted by molar-refractivity contribution is 9.10. The van der Waals surface area contributed by atoms with Crippen LogP contribution in [-0.2, 0) is 22.3 Å². The van der Waals surface area contributed by atoms with E-state index in [1.165, 1.54) is 0 Å². The van der Waals surface area contributed by atoms with Gasteiger partial charge in [0.1, 0.15) is 0 Å². The molecule has 3 rings (SSSR count). The summed E-state index contributed by atoms with van der Waals surface area (Å²) in [6.45, 7) is -0.0895. The van der Waals surface area contributed by atoms with E-state index in [1.807, 2.05) is 6.07 Å². The second-order valence-corrected chi connectivity index (χ2v) is 8.33. The van der Waals surface area contributed by atoms with E-state index in [-0.39, 0.29) is 18.2 Å². The minimum atomic E-state index is -3.54. The predicted octanol–water partition coefficient (Wildman–Crippen LogP) is 3.77. The maximum absolute atomic E-state index is 12.2. The Morgan fingerprint density at radius 2 is 1.96 bits per heavy atom. The molecule has 0 unspecified atom stereocenters. The largest absolute Gasteiger partial charge is 0.338 e. The molecular weight excluding hydrogens is 430 g/mol. The molecule has 0 radical (unpaired) electrons. The molecule has 0 atom stereocenters. The second kappa shape index (κ2) is 7.65. The van der Waals surface area contributed by atoms with Crippen LogP contribution in [0.1, 0.15) is 11.5 Å². The normalized spacial score (nSPS) is 11.6. The number of hydrogen-bond donors (Lipinski definition) is 1. The summed E-state index contributed by atoms with van der Waals surface area (Å²) in [6.07, 6.45) is 0. The first-order chi connectivity index (χ1) is 11.9. The Labute approximate surface area is 158 Å². The zero-order valence-corrected chi connectivity index (χ0v) is 16.0. The van der Waals surface area contributed by atoms with Crippen LogP contribution < -0.4 is 4.72 Å². The van der Waals surface area contributed by atoms with Crippen LogP contribution in [0.3, 0.4) is 0 Å². The maximum Gasteiger partial charge on any atom is 0.242 e. The summed E-state index contributed by atoms with van der Waals surface area (Å²) in [5, 5.41) is 4.32. The topological polar surface area (TPSA) is 85.1 Å². The lowest BCUT2D eigenvalue weighted by Gasteiger charge is -2.05. The van der Waals surface area contributed by atoms with Gasteiger partial charge in [0, 0.05) is 10.0 Å². The lowest BCUT2D eigenvalue weighted by atomic mass is 10.2. The number of hydrogen-bond acceptors (Lipinski definition) is 5. The van der Waals surface area contributed by atoms with E-state index in [0.29, 0.717) is 22.0 Å². The fraction of sp³-hybridized carbons (Fsp3) is 0.125. The maximum atomic E-state index is 12.2. The van der Waals surface area contributed by atoms with Crippen LogP contribution >= 0.6 is 27.5 Å². The SMILES string of the molecule is O=S(=O)(Cc1cccc(Br)c1)NCc1nc(-c2ccccc2Cl)no1. The number of rotatable bonds is 6. The van der Waals surface area contributed by atoms with Crippen molar-refractivity contribution in [2.75, 3.05) is 0 Å². The van der Waals surface area contributed by atoms with E-state index in [1.54, 1.807) is 42.5 Å². The monoisotopic (exact) mass is 441 g/mol. The Kier molecular flexibility index (Phi) is 5.53. The molecule has 0 bridgehead atoms. The van der Waals surface area contributed by atoms with Crippen molar-refractivity contribution in [3.8, 4) is 11.4 Å². The van der Waals surface area contributed by atoms with Gasteiger partial charge < -0.3 is 4.52 Å². The van der Waals surface area contributed by atoms with Crippen molar-refractivity contribution in [2.24, 2.45) is 0 Å². The quantitative estimate of drug-likeness (QED) is 0.628. The van der Waals surface area contributed by atoms with E-state index in [9.17, 15) is 8.42 Å². The van der Waals surface area contributed by atoms with Crippen molar-refractivity contribution in [2.45, 2.75) is 12.3 Å². The highest BCUT2D eigenvalue weighted by atomic mass is 79.9. The zero-order chi connectivity index (χ0) is 17.9. The third-order valence-electron chi connectivity index (χ3n) is 3.27. The van der Waals surface area contributed by atoms with Gasteiger partial charge in [-0.3, -0.25) is 0 Å². The van der Waals surface area contributed by atoms with Crippen molar-refractivity contribution in [3.63, 3.8) is 0 Å². The third-order valence-corrected chi connectivity index (χ3v) is 5.39. The summed E-state index contributed by atoms with van der Waals surface area (Å²) in [5.74, 6) is 0.331. The Hall–Kier alpha value is -1.74. The first-order valence-electron chi connectivity index (χ1n) is 7.22. The van der Waals surface area contributed by atoms with Crippen molar-refractivity contribution >= 4 is 37.6 Å². The molecule has 3 aromatic rings. The predicted molar refractivity (Wildman–Crippen MR) is 98.3 cm³/mol. The van der Waals surface area contributed by atoms with Crippen molar-refractivity contribution in [1.29, 1.82) is 0 Å². The first-order valence-corrected chi connectivity index (χ1v) is 10.0. The lowest BCUT2D eigenvalue weighted by molar-refractivity contribution is 0.376. The number of aromatic nitrogens is 2. The Balaban J connectivity index is 1.66.